The van der Waals surface area contributed by atoms with E-state index in [4.69, 9.17) is 11.6 Å². The largest absolute Gasteiger partial charge is 0.291 e. The molecule has 0 saturated heterocycles. The van der Waals surface area contributed by atoms with Gasteiger partial charge in [-0.3, -0.25) is 4.90 Å². The van der Waals surface area contributed by atoms with Gasteiger partial charge in [-0.1, -0.05) is 29.8 Å². The summed E-state index contributed by atoms with van der Waals surface area (Å²) in [7, 11) is 0. The van der Waals surface area contributed by atoms with Gasteiger partial charge in [0, 0.05) is 24.7 Å². The number of nitrogens with zero attached hydrogens (tertiary/aromatic N) is 1. The first kappa shape index (κ1) is 8.79. The van der Waals surface area contributed by atoms with Crippen LogP contribution < -0.4 is 0 Å². The zero-order chi connectivity index (χ0) is 9.26. The first-order valence-corrected chi connectivity index (χ1v) is 4.78. The third-order valence-electron chi connectivity index (χ3n) is 2.38. The van der Waals surface area contributed by atoms with Gasteiger partial charge in [-0.15, -0.1) is 6.58 Å². The fraction of sp³-hybridized carbons (Fsp3) is 0.273. The number of benzene rings is 1. The van der Waals surface area contributed by atoms with Crippen LogP contribution in [0.15, 0.2) is 30.9 Å². The highest BCUT2D eigenvalue weighted by Gasteiger charge is 2.19. The van der Waals surface area contributed by atoms with Gasteiger partial charge in [0.15, 0.2) is 0 Å². The van der Waals surface area contributed by atoms with Gasteiger partial charge in [0.25, 0.3) is 0 Å². The van der Waals surface area contributed by atoms with E-state index in [0.717, 1.165) is 24.7 Å². The summed E-state index contributed by atoms with van der Waals surface area (Å²) >= 11 is 6.08. The van der Waals surface area contributed by atoms with Crippen molar-refractivity contribution in [2.45, 2.75) is 13.1 Å². The van der Waals surface area contributed by atoms with Gasteiger partial charge >= 0.3 is 0 Å². The van der Waals surface area contributed by atoms with Crippen molar-refractivity contribution in [2.75, 3.05) is 6.54 Å². The molecule has 0 bridgehead atoms. The summed E-state index contributed by atoms with van der Waals surface area (Å²) in [6.07, 6.45) is 1.93. The molecule has 13 heavy (non-hydrogen) atoms. The van der Waals surface area contributed by atoms with E-state index in [0.29, 0.717) is 0 Å². The van der Waals surface area contributed by atoms with E-state index in [9.17, 15) is 0 Å². The molecular weight excluding hydrogens is 182 g/mol. The molecule has 1 aliphatic rings. The second-order valence-corrected chi connectivity index (χ2v) is 3.74. The molecule has 1 heterocycles. The Balaban J connectivity index is 2.24. The molecular formula is C11H12ClN. The van der Waals surface area contributed by atoms with E-state index in [1.807, 2.05) is 18.2 Å². The van der Waals surface area contributed by atoms with Crippen LogP contribution in [0, 0.1) is 0 Å². The average molecular weight is 194 g/mol. The topological polar surface area (TPSA) is 3.24 Å². The van der Waals surface area contributed by atoms with Crippen LogP contribution in [0.25, 0.3) is 0 Å². The third kappa shape index (κ3) is 1.62. The maximum atomic E-state index is 6.08. The summed E-state index contributed by atoms with van der Waals surface area (Å²) in [6, 6.07) is 6.11. The minimum atomic E-state index is 0.893. The Morgan fingerprint density at radius 1 is 1.46 bits per heavy atom. The van der Waals surface area contributed by atoms with Gasteiger partial charge in [0.2, 0.25) is 0 Å². The van der Waals surface area contributed by atoms with Crippen LogP contribution in [0.2, 0.25) is 5.02 Å². The van der Waals surface area contributed by atoms with Crippen LogP contribution in [-0.4, -0.2) is 11.4 Å². The molecule has 0 radical (unpaired) electrons. The van der Waals surface area contributed by atoms with Crippen molar-refractivity contribution in [3.8, 4) is 0 Å². The Morgan fingerprint density at radius 3 is 3.00 bits per heavy atom. The summed E-state index contributed by atoms with van der Waals surface area (Å²) in [6.45, 7) is 6.63. The van der Waals surface area contributed by atoms with Crippen molar-refractivity contribution in [1.29, 1.82) is 0 Å². The maximum absolute atomic E-state index is 6.08. The van der Waals surface area contributed by atoms with E-state index in [1.165, 1.54) is 11.1 Å². The van der Waals surface area contributed by atoms with E-state index in [2.05, 4.69) is 17.5 Å². The third-order valence-corrected chi connectivity index (χ3v) is 2.73. The first-order valence-electron chi connectivity index (χ1n) is 4.41. The summed E-state index contributed by atoms with van der Waals surface area (Å²) in [5.74, 6) is 0. The Kier molecular flexibility index (Phi) is 2.38. The quantitative estimate of drug-likeness (QED) is 0.653. The van der Waals surface area contributed by atoms with Crippen LogP contribution in [0.1, 0.15) is 11.1 Å². The molecule has 1 nitrogen and oxygen atoms in total. The van der Waals surface area contributed by atoms with E-state index < -0.39 is 0 Å². The van der Waals surface area contributed by atoms with Crippen molar-refractivity contribution in [3.05, 3.63) is 47.0 Å². The van der Waals surface area contributed by atoms with Crippen molar-refractivity contribution in [3.63, 3.8) is 0 Å². The standard InChI is InChI=1S/C11H12ClN/c1-2-6-13-7-9-4-3-5-11(12)10(9)8-13/h2-5H,1,6-8H2. The highest BCUT2D eigenvalue weighted by atomic mass is 35.5. The van der Waals surface area contributed by atoms with Gasteiger partial charge in [-0.2, -0.15) is 0 Å². The van der Waals surface area contributed by atoms with Crippen molar-refractivity contribution in [2.24, 2.45) is 0 Å². The van der Waals surface area contributed by atoms with Crippen LogP contribution in [0.5, 0.6) is 0 Å². The first-order chi connectivity index (χ1) is 6.31. The van der Waals surface area contributed by atoms with Crippen molar-refractivity contribution in [1.82, 2.24) is 4.90 Å². The van der Waals surface area contributed by atoms with Crippen LogP contribution >= 0.6 is 11.6 Å². The number of fused-ring (bicyclic) bond motifs is 1. The molecule has 0 aliphatic carbocycles. The Hall–Kier alpha value is -0.790. The van der Waals surface area contributed by atoms with Gasteiger partial charge in [0.05, 0.1) is 0 Å². The number of rotatable bonds is 2. The van der Waals surface area contributed by atoms with Gasteiger partial charge in [-0.05, 0) is 17.2 Å². The lowest BCUT2D eigenvalue weighted by Crippen LogP contribution is -2.15. The Bertz CT molecular complexity index is 333. The molecule has 0 N–H and O–H groups in total. The number of halogens is 1. The molecule has 0 saturated carbocycles. The molecule has 0 fully saturated rings. The minimum Gasteiger partial charge on any atom is -0.291 e. The van der Waals surface area contributed by atoms with Crippen LogP contribution in [0.4, 0.5) is 0 Å². The Morgan fingerprint density at radius 2 is 2.31 bits per heavy atom. The zero-order valence-electron chi connectivity index (χ0n) is 7.46. The molecule has 0 aromatic heterocycles. The van der Waals surface area contributed by atoms with E-state index >= 15 is 0 Å². The van der Waals surface area contributed by atoms with Crippen molar-refractivity contribution >= 4 is 11.6 Å². The lowest BCUT2D eigenvalue weighted by molar-refractivity contribution is 0.317. The summed E-state index contributed by atoms with van der Waals surface area (Å²) in [4.78, 5) is 2.32. The minimum absolute atomic E-state index is 0.893. The molecule has 2 heteroatoms. The van der Waals surface area contributed by atoms with Gasteiger partial charge in [-0.25, -0.2) is 0 Å². The summed E-state index contributed by atoms with van der Waals surface area (Å²) in [5.41, 5.74) is 2.64. The lowest BCUT2D eigenvalue weighted by atomic mass is 10.1. The predicted molar refractivity (Wildman–Crippen MR) is 55.8 cm³/mol. The second-order valence-electron chi connectivity index (χ2n) is 3.34. The molecule has 1 aromatic rings. The molecule has 68 valence electrons. The number of hydrogen-bond donors (Lipinski definition) is 0. The monoisotopic (exact) mass is 193 g/mol. The van der Waals surface area contributed by atoms with Crippen LogP contribution in [0.3, 0.4) is 0 Å². The van der Waals surface area contributed by atoms with Crippen LogP contribution in [-0.2, 0) is 13.1 Å². The summed E-state index contributed by atoms with van der Waals surface area (Å²) in [5, 5.41) is 0.893. The smallest absolute Gasteiger partial charge is 0.0454 e. The molecule has 0 spiro atoms. The fourth-order valence-electron chi connectivity index (χ4n) is 1.76. The lowest BCUT2D eigenvalue weighted by Gasteiger charge is -2.10. The van der Waals surface area contributed by atoms with E-state index in [-0.39, 0.29) is 0 Å². The van der Waals surface area contributed by atoms with Gasteiger partial charge in [0.1, 0.15) is 0 Å². The highest BCUT2D eigenvalue weighted by Crippen LogP contribution is 2.28. The fourth-order valence-corrected chi connectivity index (χ4v) is 2.01. The molecule has 1 aliphatic heterocycles. The maximum Gasteiger partial charge on any atom is 0.0454 e. The normalized spacial score (nSPS) is 15.8. The Labute approximate surface area is 83.6 Å². The molecule has 0 atom stereocenters. The average Bonchev–Trinajstić information content (AvgIpc) is 2.49. The molecule has 1 aromatic carbocycles. The van der Waals surface area contributed by atoms with E-state index in [1.54, 1.807) is 0 Å². The predicted octanol–water partition coefficient (Wildman–Crippen LogP) is 2.84. The SMILES string of the molecule is C=CCN1Cc2cccc(Cl)c2C1. The zero-order valence-corrected chi connectivity index (χ0v) is 8.22. The molecule has 0 unspecified atom stereocenters. The summed E-state index contributed by atoms with van der Waals surface area (Å²) < 4.78 is 0. The molecule has 2 rings (SSSR count). The van der Waals surface area contributed by atoms with Gasteiger partial charge < -0.3 is 0 Å². The molecule has 0 amide bonds. The van der Waals surface area contributed by atoms with Crippen molar-refractivity contribution < 1.29 is 0 Å². The highest BCUT2D eigenvalue weighted by molar-refractivity contribution is 6.31. The second kappa shape index (κ2) is 3.52. The number of hydrogen-bond acceptors (Lipinski definition) is 1.